The van der Waals surface area contributed by atoms with E-state index in [0.29, 0.717) is 12.3 Å². The van der Waals surface area contributed by atoms with Crippen molar-refractivity contribution in [2.75, 3.05) is 6.61 Å². The minimum Gasteiger partial charge on any atom is -0.484 e. The van der Waals surface area contributed by atoms with Gasteiger partial charge in [-0.15, -0.1) is 0 Å². The summed E-state index contributed by atoms with van der Waals surface area (Å²) in [5, 5.41) is 3.16. The van der Waals surface area contributed by atoms with E-state index < -0.39 is 6.04 Å². The number of aryl methyl sites for hydroxylation is 1. The Labute approximate surface area is 193 Å². The lowest BCUT2D eigenvalue weighted by Crippen LogP contribution is -2.51. The van der Waals surface area contributed by atoms with Gasteiger partial charge >= 0.3 is 0 Å². The van der Waals surface area contributed by atoms with Gasteiger partial charge in [-0.3, -0.25) is 9.59 Å². The number of amides is 2. The van der Waals surface area contributed by atoms with Crippen molar-refractivity contribution in [2.45, 2.75) is 64.6 Å². The van der Waals surface area contributed by atoms with E-state index in [2.05, 4.69) is 21.2 Å². The topological polar surface area (TPSA) is 58.6 Å². The predicted octanol–water partition coefficient (Wildman–Crippen LogP) is 5.00. The van der Waals surface area contributed by atoms with Crippen LogP contribution < -0.4 is 10.1 Å². The van der Waals surface area contributed by atoms with E-state index in [1.54, 1.807) is 11.8 Å². The molecule has 166 valence electrons. The quantitative estimate of drug-likeness (QED) is 0.570. The molecule has 1 aliphatic carbocycles. The SMILES string of the molecule is Cc1ccccc1CN(C(=O)COc1ccc(Br)cc1)C(C)C(=O)NC1CCCCC1. The molecule has 0 saturated heterocycles. The zero-order valence-electron chi connectivity index (χ0n) is 18.3. The number of benzene rings is 2. The number of hydrogen-bond acceptors (Lipinski definition) is 3. The van der Waals surface area contributed by atoms with Gasteiger partial charge in [0.2, 0.25) is 5.91 Å². The fourth-order valence-corrected chi connectivity index (χ4v) is 4.15. The van der Waals surface area contributed by atoms with Crippen LogP contribution in [0.5, 0.6) is 5.75 Å². The van der Waals surface area contributed by atoms with E-state index >= 15 is 0 Å². The summed E-state index contributed by atoms with van der Waals surface area (Å²) in [5.74, 6) is 0.307. The molecular formula is C25H31BrN2O3. The predicted molar refractivity (Wildman–Crippen MR) is 126 cm³/mol. The Kier molecular flexibility index (Phi) is 8.52. The number of hydrogen-bond donors (Lipinski definition) is 1. The minimum absolute atomic E-state index is 0.0996. The van der Waals surface area contributed by atoms with Gasteiger partial charge in [0.25, 0.3) is 5.91 Å². The molecule has 2 amide bonds. The van der Waals surface area contributed by atoms with Gasteiger partial charge < -0.3 is 15.0 Å². The number of rotatable bonds is 8. The lowest BCUT2D eigenvalue weighted by molar-refractivity contribution is -0.142. The lowest BCUT2D eigenvalue weighted by Gasteiger charge is -2.31. The molecule has 2 aromatic rings. The van der Waals surface area contributed by atoms with Crippen molar-refractivity contribution in [2.24, 2.45) is 0 Å². The third-order valence-electron chi connectivity index (χ3n) is 5.90. The highest BCUT2D eigenvalue weighted by atomic mass is 79.9. The fourth-order valence-electron chi connectivity index (χ4n) is 3.88. The van der Waals surface area contributed by atoms with Gasteiger partial charge in [0.1, 0.15) is 11.8 Å². The summed E-state index contributed by atoms with van der Waals surface area (Å²) >= 11 is 3.39. The van der Waals surface area contributed by atoms with Crippen molar-refractivity contribution in [1.29, 1.82) is 0 Å². The van der Waals surface area contributed by atoms with Crippen molar-refractivity contribution >= 4 is 27.7 Å². The molecule has 0 aromatic heterocycles. The molecule has 5 nitrogen and oxygen atoms in total. The van der Waals surface area contributed by atoms with Crippen molar-refractivity contribution < 1.29 is 14.3 Å². The van der Waals surface area contributed by atoms with E-state index in [9.17, 15) is 9.59 Å². The highest BCUT2D eigenvalue weighted by Crippen LogP contribution is 2.20. The summed E-state index contributed by atoms with van der Waals surface area (Å²) in [6.07, 6.45) is 5.54. The van der Waals surface area contributed by atoms with Gasteiger partial charge in [0.15, 0.2) is 6.61 Å². The number of nitrogens with one attached hydrogen (secondary N) is 1. The number of halogens is 1. The first-order valence-electron chi connectivity index (χ1n) is 11.0. The molecule has 0 aliphatic heterocycles. The third-order valence-corrected chi connectivity index (χ3v) is 6.43. The zero-order valence-corrected chi connectivity index (χ0v) is 19.9. The van der Waals surface area contributed by atoms with Crippen LogP contribution in [-0.4, -0.2) is 35.4 Å². The first-order chi connectivity index (χ1) is 14.9. The largest absolute Gasteiger partial charge is 0.484 e. The van der Waals surface area contributed by atoms with Crippen LogP contribution in [0, 0.1) is 6.92 Å². The monoisotopic (exact) mass is 486 g/mol. The Morgan fingerprint density at radius 1 is 1.10 bits per heavy atom. The fraction of sp³-hybridized carbons (Fsp3) is 0.440. The molecule has 1 saturated carbocycles. The van der Waals surface area contributed by atoms with E-state index in [1.807, 2.05) is 55.5 Å². The highest BCUT2D eigenvalue weighted by Gasteiger charge is 2.28. The summed E-state index contributed by atoms with van der Waals surface area (Å²) in [7, 11) is 0. The maximum Gasteiger partial charge on any atom is 0.261 e. The van der Waals surface area contributed by atoms with Crippen LogP contribution in [0.15, 0.2) is 53.0 Å². The molecule has 0 bridgehead atoms. The van der Waals surface area contributed by atoms with Gasteiger partial charge in [0.05, 0.1) is 0 Å². The van der Waals surface area contributed by atoms with Gasteiger partial charge in [-0.2, -0.15) is 0 Å². The Hall–Kier alpha value is -2.34. The van der Waals surface area contributed by atoms with Gasteiger partial charge in [0, 0.05) is 17.1 Å². The second-order valence-electron chi connectivity index (χ2n) is 8.21. The Bertz CT molecular complexity index is 879. The maximum atomic E-state index is 13.1. The Morgan fingerprint density at radius 2 is 1.77 bits per heavy atom. The smallest absolute Gasteiger partial charge is 0.261 e. The average Bonchev–Trinajstić information content (AvgIpc) is 2.78. The Balaban J connectivity index is 1.71. The molecule has 2 aromatic carbocycles. The molecule has 1 atom stereocenters. The van der Waals surface area contributed by atoms with Crippen LogP contribution in [0.1, 0.15) is 50.2 Å². The van der Waals surface area contributed by atoms with E-state index in [-0.39, 0.29) is 24.5 Å². The van der Waals surface area contributed by atoms with Crippen LogP contribution >= 0.6 is 15.9 Å². The molecule has 1 N–H and O–H groups in total. The number of nitrogens with zero attached hydrogens (tertiary/aromatic N) is 1. The van der Waals surface area contributed by atoms with Gasteiger partial charge in [-0.1, -0.05) is 59.5 Å². The van der Waals surface area contributed by atoms with Crippen molar-refractivity contribution in [1.82, 2.24) is 10.2 Å². The third kappa shape index (κ3) is 6.82. The van der Waals surface area contributed by atoms with Crippen LogP contribution in [-0.2, 0) is 16.1 Å². The van der Waals surface area contributed by atoms with Crippen molar-refractivity contribution in [3.63, 3.8) is 0 Å². The summed E-state index contributed by atoms with van der Waals surface area (Å²) in [6, 6.07) is 14.9. The van der Waals surface area contributed by atoms with Gasteiger partial charge in [-0.05, 0) is 62.1 Å². The van der Waals surface area contributed by atoms with Crippen LogP contribution in [0.25, 0.3) is 0 Å². The molecule has 0 radical (unpaired) electrons. The molecule has 1 aliphatic rings. The van der Waals surface area contributed by atoms with E-state index in [4.69, 9.17) is 4.74 Å². The second-order valence-corrected chi connectivity index (χ2v) is 9.13. The molecule has 31 heavy (non-hydrogen) atoms. The molecule has 0 spiro atoms. The molecular weight excluding hydrogens is 456 g/mol. The van der Waals surface area contributed by atoms with E-state index in [1.165, 1.54) is 6.42 Å². The van der Waals surface area contributed by atoms with E-state index in [0.717, 1.165) is 41.3 Å². The summed E-state index contributed by atoms with van der Waals surface area (Å²) in [5.41, 5.74) is 2.12. The number of carbonyl (C=O) groups is 2. The lowest BCUT2D eigenvalue weighted by atomic mass is 9.95. The molecule has 6 heteroatoms. The van der Waals surface area contributed by atoms with Crippen LogP contribution in [0.2, 0.25) is 0 Å². The molecule has 0 heterocycles. The van der Waals surface area contributed by atoms with Crippen molar-refractivity contribution in [3.8, 4) is 5.75 Å². The second kappa shape index (κ2) is 11.3. The first kappa shape index (κ1) is 23.3. The summed E-state index contributed by atoms with van der Waals surface area (Å²) in [4.78, 5) is 27.8. The molecule has 1 fully saturated rings. The first-order valence-corrected chi connectivity index (χ1v) is 11.8. The summed E-state index contributed by atoms with van der Waals surface area (Å²) < 4.78 is 6.65. The minimum atomic E-state index is -0.581. The van der Waals surface area contributed by atoms with Crippen LogP contribution in [0.4, 0.5) is 0 Å². The van der Waals surface area contributed by atoms with Crippen LogP contribution in [0.3, 0.4) is 0 Å². The standard InChI is InChI=1S/C25H31BrN2O3/c1-18-8-6-7-9-20(18)16-28(19(2)25(30)27-22-10-4-3-5-11-22)24(29)17-31-23-14-12-21(26)13-15-23/h6-9,12-15,19,22H,3-5,10-11,16-17H2,1-2H3,(H,27,30). The number of carbonyl (C=O) groups excluding carboxylic acids is 2. The normalized spacial score (nSPS) is 15.2. The Morgan fingerprint density at radius 3 is 2.45 bits per heavy atom. The average molecular weight is 487 g/mol. The van der Waals surface area contributed by atoms with Crippen molar-refractivity contribution in [3.05, 3.63) is 64.1 Å². The molecule has 1 unspecified atom stereocenters. The zero-order chi connectivity index (χ0) is 22.2. The van der Waals surface area contributed by atoms with Gasteiger partial charge in [-0.25, -0.2) is 0 Å². The molecule has 3 rings (SSSR count). The highest BCUT2D eigenvalue weighted by molar-refractivity contribution is 9.10. The number of ether oxygens (including phenoxy) is 1. The summed E-state index contributed by atoms with van der Waals surface area (Å²) in [6.45, 7) is 4.07. The maximum absolute atomic E-state index is 13.1.